The van der Waals surface area contributed by atoms with E-state index < -0.39 is 5.60 Å². The van der Waals surface area contributed by atoms with Crippen LogP contribution in [0.2, 0.25) is 0 Å². The second-order valence-electron chi connectivity index (χ2n) is 7.10. The van der Waals surface area contributed by atoms with E-state index in [1.165, 1.54) is 4.88 Å². The maximum atomic E-state index is 11.9. The monoisotopic (exact) mass is 352 g/mol. The Labute approximate surface area is 148 Å². The van der Waals surface area contributed by atoms with E-state index in [2.05, 4.69) is 40.1 Å². The van der Waals surface area contributed by atoms with E-state index in [4.69, 9.17) is 4.74 Å². The van der Waals surface area contributed by atoms with Gasteiger partial charge in [-0.3, -0.25) is 4.99 Å². The molecule has 0 saturated carbocycles. The van der Waals surface area contributed by atoms with Crippen LogP contribution in [0.1, 0.15) is 38.5 Å². The number of likely N-dealkylation sites (tertiary alicyclic amines) is 1. The summed E-state index contributed by atoms with van der Waals surface area (Å²) in [5.74, 6) is 1.20. The molecule has 6 nitrogen and oxygen atoms in total. The minimum absolute atomic E-state index is 0.209. The lowest BCUT2D eigenvalue weighted by Gasteiger charge is -2.40. The molecule has 0 spiro atoms. The molecule has 1 aliphatic heterocycles. The van der Waals surface area contributed by atoms with Crippen LogP contribution in [-0.2, 0) is 4.74 Å². The van der Waals surface area contributed by atoms with Crippen molar-refractivity contribution in [1.82, 2.24) is 15.5 Å². The molecule has 1 unspecified atom stereocenters. The molecule has 2 rings (SSSR count). The van der Waals surface area contributed by atoms with Crippen LogP contribution in [0.4, 0.5) is 4.79 Å². The summed E-state index contributed by atoms with van der Waals surface area (Å²) in [6, 6.07) is 4.43. The van der Waals surface area contributed by atoms with Gasteiger partial charge in [0.05, 0.1) is 6.04 Å². The van der Waals surface area contributed by atoms with E-state index >= 15 is 0 Å². The van der Waals surface area contributed by atoms with Gasteiger partial charge < -0.3 is 20.3 Å². The van der Waals surface area contributed by atoms with Gasteiger partial charge in [0.25, 0.3) is 0 Å². The van der Waals surface area contributed by atoms with E-state index in [0.717, 1.165) is 12.5 Å². The van der Waals surface area contributed by atoms with Crippen molar-refractivity contribution in [3.05, 3.63) is 22.4 Å². The Morgan fingerprint density at radius 3 is 2.75 bits per heavy atom. The fourth-order valence-electron chi connectivity index (χ4n) is 2.36. The molecular weight excluding hydrogens is 324 g/mol. The summed E-state index contributed by atoms with van der Waals surface area (Å²) in [7, 11) is 1.76. The van der Waals surface area contributed by atoms with Gasteiger partial charge in [0.1, 0.15) is 5.60 Å². The Hall–Kier alpha value is -1.76. The van der Waals surface area contributed by atoms with Crippen molar-refractivity contribution in [1.29, 1.82) is 0 Å². The van der Waals surface area contributed by atoms with E-state index in [9.17, 15) is 4.79 Å². The second-order valence-corrected chi connectivity index (χ2v) is 8.08. The Balaban J connectivity index is 1.70. The summed E-state index contributed by atoms with van der Waals surface area (Å²) in [6.07, 6.45) is -0.255. The minimum Gasteiger partial charge on any atom is -0.444 e. The molecule has 1 fully saturated rings. The van der Waals surface area contributed by atoms with Crippen molar-refractivity contribution < 1.29 is 9.53 Å². The molecule has 1 amide bonds. The highest BCUT2D eigenvalue weighted by Gasteiger charge is 2.34. The smallest absolute Gasteiger partial charge is 0.410 e. The number of hydrogen-bond donors (Lipinski definition) is 2. The summed E-state index contributed by atoms with van der Waals surface area (Å²) in [6.45, 7) is 9.91. The molecular formula is C17H28N4O2S. The third-order valence-electron chi connectivity index (χ3n) is 3.70. The Kier molecular flexibility index (Phi) is 6.10. The number of carbonyl (C=O) groups excluding carboxylic acids is 1. The van der Waals surface area contributed by atoms with Crippen molar-refractivity contribution in [2.24, 2.45) is 4.99 Å². The maximum absolute atomic E-state index is 11.9. The SMILES string of the molecule is CN=C(NCC(C)c1cccs1)NC1CN(C(=O)OC(C)(C)C)C1. The Morgan fingerprint density at radius 2 is 2.21 bits per heavy atom. The van der Waals surface area contributed by atoms with Crippen molar-refractivity contribution >= 4 is 23.4 Å². The lowest BCUT2D eigenvalue weighted by Crippen LogP contribution is -2.63. The molecule has 1 aliphatic rings. The quantitative estimate of drug-likeness (QED) is 0.646. The largest absolute Gasteiger partial charge is 0.444 e. The van der Waals surface area contributed by atoms with Gasteiger partial charge in [0.15, 0.2) is 5.96 Å². The zero-order chi connectivity index (χ0) is 17.7. The maximum Gasteiger partial charge on any atom is 0.410 e. The highest BCUT2D eigenvalue weighted by atomic mass is 32.1. The van der Waals surface area contributed by atoms with Gasteiger partial charge in [-0.15, -0.1) is 11.3 Å². The number of amides is 1. The molecule has 1 saturated heterocycles. The first kappa shape index (κ1) is 18.6. The Morgan fingerprint density at radius 1 is 1.50 bits per heavy atom. The predicted octanol–water partition coefficient (Wildman–Crippen LogP) is 2.64. The normalized spacial score (nSPS) is 17.2. The van der Waals surface area contributed by atoms with Gasteiger partial charge in [0, 0.05) is 37.5 Å². The van der Waals surface area contributed by atoms with Gasteiger partial charge in [-0.2, -0.15) is 0 Å². The number of guanidine groups is 1. The highest BCUT2D eigenvalue weighted by Crippen LogP contribution is 2.19. The lowest BCUT2D eigenvalue weighted by molar-refractivity contribution is 0.00701. The zero-order valence-corrected chi connectivity index (χ0v) is 15.9. The van der Waals surface area contributed by atoms with Crippen LogP contribution in [0.15, 0.2) is 22.5 Å². The minimum atomic E-state index is -0.453. The van der Waals surface area contributed by atoms with Gasteiger partial charge in [0.2, 0.25) is 0 Å². The molecule has 24 heavy (non-hydrogen) atoms. The lowest BCUT2D eigenvalue weighted by atomic mass is 10.1. The molecule has 0 aromatic carbocycles. The van der Waals surface area contributed by atoms with Crippen LogP contribution < -0.4 is 10.6 Å². The highest BCUT2D eigenvalue weighted by molar-refractivity contribution is 7.10. The van der Waals surface area contributed by atoms with Crippen LogP contribution >= 0.6 is 11.3 Å². The van der Waals surface area contributed by atoms with Crippen molar-refractivity contribution in [3.63, 3.8) is 0 Å². The van der Waals surface area contributed by atoms with Gasteiger partial charge in [-0.25, -0.2) is 4.79 Å². The van der Waals surface area contributed by atoms with E-state index in [1.807, 2.05) is 20.8 Å². The summed E-state index contributed by atoms with van der Waals surface area (Å²) < 4.78 is 5.36. The molecule has 2 heterocycles. The van der Waals surface area contributed by atoms with Crippen LogP contribution in [0.5, 0.6) is 0 Å². The van der Waals surface area contributed by atoms with Gasteiger partial charge >= 0.3 is 6.09 Å². The van der Waals surface area contributed by atoms with Crippen molar-refractivity contribution in [2.75, 3.05) is 26.7 Å². The second kappa shape index (κ2) is 7.88. The molecule has 7 heteroatoms. The molecule has 0 bridgehead atoms. The standard InChI is InChI=1S/C17H28N4O2S/c1-12(14-7-6-8-24-14)9-19-15(18-5)20-13-10-21(11-13)16(22)23-17(2,3)4/h6-8,12-13H,9-11H2,1-5H3,(H2,18,19,20). The number of thiophene rings is 1. The van der Waals surface area contributed by atoms with Crippen molar-refractivity contribution in [3.8, 4) is 0 Å². The number of hydrogen-bond acceptors (Lipinski definition) is 4. The average molecular weight is 353 g/mol. The number of carbonyl (C=O) groups is 1. The molecule has 1 atom stereocenters. The molecule has 1 aromatic rings. The van der Waals surface area contributed by atoms with Crippen LogP contribution in [-0.4, -0.2) is 55.3 Å². The molecule has 134 valence electrons. The van der Waals surface area contributed by atoms with Crippen LogP contribution in [0.25, 0.3) is 0 Å². The summed E-state index contributed by atoms with van der Waals surface area (Å²) in [5, 5.41) is 8.79. The van der Waals surface area contributed by atoms with Crippen LogP contribution in [0, 0.1) is 0 Å². The third-order valence-corrected chi connectivity index (χ3v) is 4.81. The number of aliphatic imine (C=N–C) groups is 1. The van der Waals surface area contributed by atoms with E-state index in [0.29, 0.717) is 19.0 Å². The first-order chi connectivity index (χ1) is 11.3. The van der Waals surface area contributed by atoms with Crippen molar-refractivity contribution in [2.45, 2.75) is 45.3 Å². The molecule has 0 aliphatic carbocycles. The topological polar surface area (TPSA) is 66.0 Å². The zero-order valence-electron chi connectivity index (χ0n) is 15.1. The molecule has 0 radical (unpaired) electrons. The van der Waals surface area contributed by atoms with Crippen LogP contribution in [0.3, 0.4) is 0 Å². The fourth-order valence-corrected chi connectivity index (χ4v) is 3.14. The van der Waals surface area contributed by atoms with Gasteiger partial charge in [-0.05, 0) is 32.2 Å². The first-order valence-corrected chi connectivity index (χ1v) is 9.15. The predicted molar refractivity (Wildman–Crippen MR) is 98.8 cm³/mol. The fraction of sp³-hybridized carbons (Fsp3) is 0.647. The summed E-state index contributed by atoms with van der Waals surface area (Å²) in [5.41, 5.74) is -0.453. The van der Waals surface area contributed by atoms with Gasteiger partial charge in [-0.1, -0.05) is 13.0 Å². The number of nitrogens with one attached hydrogen (secondary N) is 2. The molecule has 1 aromatic heterocycles. The number of ether oxygens (including phenoxy) is 1. The van der Waals surface area contributed by atoms with E-state index in [1.54, 1.807) is 23.3 Å². The summed E-state index contributed by atoms with van der Waals surface area (Å²) >= 11 is 1.77. The summed E-state index contributed by atoms with van der Waals surface area (Å²) in [4.78, 5) is 19.2. The molecule has 2 N–H and O–H groups in total. The first-order valence-electron chi connectivity index (χ1n) is 8.27. The Bertz CT molecular complexity index is 560. The third kappa shape index (κ3) is 5.40. The average Bonchev–Trinajstić information content (AvgIpc) is 2.97. The van der Waals surface area contributed by atoms with E-state index in [-0.39, 0.29) is 12.1 Å². The number of nitrogens with zero attached hydrogens (tertiary/aromatic N) is 2. The number of rotatable bonds is 4.